The van der Waals surface area contributed by atoms with Crippen molar-refractivity contribution in [1.29, 1.82) is 0 Å². The number of hydrogen-bond donors (Lipinski definition) is 1. The lowest BCUT2D eigenvalue weighted by atomic mass is 10.1. The molecule has 7 heteroatoms. The van der Waals surface area contributed by atoms with Crippen LogP contribution in [0.25, 0.3) is 0 Å². The van der Waals surface area contributed by atoms with Crippen molar-refractivity contribution in [1.82, 2.24) is 14.4 Å². The number of carbonyl (C=O) groups is 2. The molecule has 0 bridgehead atoms. The second-order valence-corrected chi connectivity index (χ2v) is 8.48. The Morgan fingerprint density at radius 1 is 1.03 bits per heavy atom. The lowest BCUT2D eigenvalue weighted by Crippen LogP contribution is -2.45. The van der Waals surface area contributed by atoms with E-state index >= 15 is 0 Å². The Hall–Kier alpha value is -2.80. The summed E-state index contributed by atoms with van der Waals surface area (Å²) in [5.41, 5.74) is 4.09. The molecule has 0 saturated carbocycles. The summed E-state index contributed by atoms with van der Waals surface area (Å²) in [5.74, 6) is -0.0451. The molecule has 2 rings (SSSR count). The van der Waals surface area contributed by atoms with E-state index in [1.54, 1.807) is 4.90 Å². The van der Waals surface area contributed by atoms with Crippen LogP contribution in [0.2, 0.25) is 0 Å². The van der Waals surface area contributed by atoms with E-state index in [9.17, 15) is 9.59 Å². The highest BCUT2D eigenvalue weighted by molar-refractivity contribution is 5.92. The van der Waals surface area contributed by atoms with Crippen LogP contribution in [0.4, 0.5) is 10.5 Å². The van der Waals surface area contributed by atoms with E-state index in [0.29, 0.717) is 39.3 Å². The van der Waals surface area contributed by atoms with Crippen LogP contribution in [-0.4, -0.2) is 59.2 Å². The van der Waals surface area contributed by atoms with Gasteiger partial charge in [-0.15, -0.1) is 0 Å². The van der Waals surface area contributed by atoms with E-state index in [-0.39, 0.29) is 18.5 Å². The molecule has 1 N–H and O–H groups in total. The molecule has 0 aliphatic rings. The van der Waals surface area contributed by atoms with Crippen molar-refractivity contribution in [3.05, 3.63) is 53.3 Å². The molecule has 3 amide bonds. The average molecular weight is 457 g/mol. The number of nitrogens with zero attached hydrogens (tertiary/aromatic N) is 3. The molecule has 1 heterocycles. The summed E-state index contributed by atoms with van der Waals surface area (Å²) >= 11 is 0. The van der Waals surface area contributed by atoms with Crippen molar-refractivity contribution in [2.24, 2.45) is 7.05 Å². The maximum atomic E-state index is 13.3. The van der Waals surface area contributed by atoms with E-state index in [4.69, 9.17) is 4.74 Å². The summed E-state index contributed by atoms with van der Waals surface area (Å²) in [6, 6.07) is 9.58. The van der Waals surface area contributed by atoms with Gasteiger partial charge >= 0.3 is 6.03 Å². The zero-order valence-electron chi connectivity index (χ0n) is 20.9. The van der Waals surface area contributed by atoms with Gasteiger partial charge in [-0.05, 0) is 69.0 Å². The molecule has 0 spiro atoms. The first-order chi connectivity index (χ1) is 15.8. The van der Waals surface area contributed by atoms with Crippen molar-refractivity contribution in [3.63, 3.8) is 0 Å². The molecule has 182 valence electrons. The van der Waals surface area contributed by atoms with Gasteiger partial charge in [0.15, 0.2) is 0 Å². The van der Waals surface area contributed by atoms with E-state index in [0.717, 1.165) is 29.8 Å². The third-order valence-electron chi connectivity index (χ3n) is 5.83. The van der Waals surface area contributed by atoms with Gasteiger partial charge in [0.2, 0.25) is 5.91 Å². The average Bonchev–Trinajstić information content (AvgIpc) is 3.19. The van der Waals surface area contributed by atoms with Gasteiger partial charge in [0, 0.05) is 50.9 Å². The van der Waals surface area contributed by atoms with Crippen LogP contribution in [0, 0.1) is 13.8 Å². The Bertz CT molecular complexity index is 893. The molecule has 1 aromatic heterocycles. The van der Waals surface area contributed by atoms with Gasteiger partial charge in [0.25, 0.3) is 0 Å². The van der Waals surface area contributed by atoms with Gasteiger partial charge in [0.1, 0.15) is 6.54 Å². The smallest absolute Gasteiger partial charge is 0.322 e. The van der Waals surface area contributed by atoms with Crippen LogP contribution >= 0.6 is 0 Å². The van der Waals surface area contributed by atoms with Crippen LogP contribution in [0.3, 0.4) is 0 Å². The minimum Gasteiger partial charge on any atom is -0.382 e. The van der Waals surface area contributed by atoms with Crippen molar-refractivity contribution >= 4 is 17.6 Å². The minimum absolute atomic E-state index is 0.0386. The van der Waals surface area contributed by atoms with Gasteiger partial charge in [-0.2, -0.15) is 0 Å². The fraction of sp³-hybridized carbons (Fsp3) is 0.538. The summed E-state index contributed by atoms with van der Waals surface area (Å²) in [4.78, 5) is 29.9. The fourth-order valence-electron chi connectivity index (χ4n) is 3.54. The highest BCUT2D eigenvalue weighted by atomic mass is 16.5. The van der Waals surface area contributed by atoms with Gasteiger partial charge in [-0.25, -0.2) is 4.79 Å². The molecule has 1 aromatic carbocycles. The number of aryl methyl sites for hydroxylation is 3. The predicted octanol–water partition coefficient (Wildman–Crippen LogP) is 4.73. The highest BCUT2D eigenvalue weighted by Gasteiger charge is 2.22. The molecule has 33 heavy (non-hydrogen) atoms. The predicted molar refractivity (Wildman–Crippen MR) is 133 cm³/mol. The topological polar surface area (TPSA) is 66.8 Å². The molecule has 2 aromatic rings. The first-order valence-corrected chi connectivity index (χ1v) is 11.9. The second-order valence-electron chi connectivity index (χ2n) is 8.48. The molecule has 0 radical (unpaired) electrons. The van der Waals surface area contributed by atoms with Gasteiger partial charge < -0.3 is 24.4 Å². The number of amides is 3. The second kappa shape index (κ2) is 13.7. The summed E-state index contributed by atoms with van der Waals surface area (Å²) in [7, 11) is 1.98. The SMILES string of the molecule is CCCCN(Cc1cccn1C)C(=O)CN(CCCOCC)C(=O)Nc1ccc(C)c(C)c1. The molecule has 0 fully saturated rings. The van der Waals surface area contributed by atoms with E-state index in [1.165, 1.54) is 5.56 Å². The van der Waals surface area contributed by atoms with E-state index in [2.05, 4.69) is 12.2 Å². The minimum atomic E-state index is -0.266. The summed E-state index contributed by atoms with van der Waals surface area (Å²) < 4.78 is 7.47. The Balaban J connectivity index is 2.12. The number of rotatable bonds is 13. The molecule has 0 unspecified atom stereocenters. The molecular formula is C26H40N4O3. The Morgan fingerprint density at radius 2 is 1.79 bits per heavy atom. The summed E-state index contributed by atoms with van der Waals surface area (Å²) in [6.07, 6.45) is 4.58. The standard InChI is InChI=1S/C26H40N4O3/c1-6-8-15-29(19-24-11-9-14-28(24)5)25(31)20-30(16-10-17-33-7-2)26(32)27-23-13-12-21(3)22(4)18-23/h9,11-14,18H,6-8,10,15-17,19-20H2,1-5H3,(H,27,32). The third-order valence-corrected chi connectivity index (χ3v) is 5.83. The summed E-state index contributed by atoms with van der Waals surface area (Å²) in [6.45, 7) is 11.0. The van der Waals surface area contributed by atoms with Crippen molar-refractivity contribution in [3.8, 4) is 0 Å². The maximum absolute atomic E-state index is 13.3. The molecule has 0 aliphatic heterocycles. The molecular weight excluding hydrogens is 416 g/mol. The Morgan fingerprint density at radius 3 is 2.42 bits per heavy atom. The number of nitrogens with one attached hydrogen (secondary N) is 1. The number of benzene rings is 1. The van der Waals surface area contributed by atoms with Crippen LogP contribution in [0.5, 0.6) is 0 Å². The molecule has 7 nitrogen and oxygen atoms in total. The zero-order valence-corrected chi connectivity index (χ0v) is 20.9. The third kappa shape index (κ3) is 8.57. The lowest BCUT2D eigenvalue weighted by Gasteiger charge is -2.28. The monoisotopic (exact) mass is 456 g/mol. The molecule has 0 saturated heterocycles. The number of urea groups is 1. The van der Waals surface area contributed by atoms with Crippen molar-refractivity contribution < 1.29 is 14.3 Å². The molecule has 0 aliphatic carbocycles. The number of hydrogen-bond acceptors (Lipinski definition) is 3. The van der Waals surface area contributed by atoms with Crippen LogP contribution in [0.15, 0.2) is 36.5 Å². The quantitative estimate of drug-likeness (QED) is 0.443. The van der Waals surface area contributed by atoms with Crippen molar-refractivity contribution in [2.75, 3.05) is 38.2 Å². The maximum Gasteiger partial charge on any atom is 0.322 e. The largest absolute Gasteiger partial charge is 0.382 e. The lowest BCUT2D eigenvalue weighted by molar-refractivity contribution is -0.132. The Labute approximate surface area is 198 Å². The fourth-order valence-corrected chi connectivity index (χ4v) is 3.54. The summed E-state index contributed by atoms with van der Waals surface area (Å²) in [5, 5.41) is 2.96. The number of unbranched alkanes of at least 4 members (excludes halogenated alkanes) is 1. The van der Waals surface area contributed by atoms with Gasteiger partial charge in [-0.1, -0.05) is 19.4 Å². The zero-order chi connectivity index (χ0) is 24.2. The number of aromatic nitrogens is 1. The highest BCUT2D eigenvalue weighted by Crippen LogP contribution is 2.15. The van der Waals surface area contributed by atoms with E-state index < -0.39 is 0 Å². The number of ether oxygens (including phenoxy) is 1. The van der Waals surface area contributed by atoms with Crippen molar-refractivity contribution in [2.45, 2.75) is 53.5 Å². The first-order valence-electron chi connectivity index (χ1n) is 11.9. The van der Waals surface area contributed by atoms with Gasteiger partial charge in [0.05, 0.1) is 6.54 Å². The van der Waals surface area contributed by atoms with Crippen LogP contribution in [-0.2, 0) is 23.1 Å². The molecule has 0 atom stereocenters. The Kier molecular flexibility index (Phi) is 11.0. The first kappa shape index (κ1) is 26.5. The number of carbonyl (C=O) groups excluding carboxylic acids is 2. The normalized spacial score (nSPS) is 10.8. The number of anilines is 1. The van der Waals surface area contributed by atoms with Crippen LogP contribution in [0.1, 0.15) is 49.9 Å². The van der Waals surface area contributed by atoms with E-state index in [1.807, 2.05) is 73.8 Å². The van der Waals surface area contributed by atoms with Gasteiger partial charge in [-0.3, -0.25) is 4.79 Å². The van der Waals surface area contributed by atoms with Crippen LogP contribution < -0.4 is 5.32 Å².